The molecule has 2 fully saturated rings. The van der Waals surface area contributed by atoms with Crippen LogP contribution in [0, 0.1) is 0 Å². The van der Waals surface area contributed by atoms with Crippen LogP contribution in [0.3, 0.4) is 0 Å². The lowest BCUT2D eigenvalue weighted by molar-refractivity contribution is -0.274. The number of thiophene rings is 1. The van der Waals surface area contributed by atoms with Crippen LogP contribution in [-0.2, 0) is 11.0 Å². The number of alkyl halides is 6. The number of nitrogens with zero attached hydrogens (tertiary/aromatic N) is 1. The predicted molar refractivity (Wildman–Crippen MR) is 89.5 cm³/mol. The Hall–Kier alpha value is -2.50. The molecule has 2 aromatic rings. The van der Waals surface area contributed by atoms with E-state index < -0.39 is 40.2 Å². The van der Waals surface area contributed by atoms with E-state index in [0.29, 0.717) is 24.2 Å². The quantitative estimate of drug-likeness (QED) is 0.724. The largest absolute Gasteiger partial charge is 0.573 e. The Balaban J connectivity index is 1.67. The number of nitrogens with one attached hydrogen (secondary N) is 1. The summed E-state index contributed by atoms with van der Waals surface area (Å²) in [6.07, 6.45) is -9.08. The number of carbonyl (C=O) groups excluding carboxylic acids is 2. The lowest BCUT2D eigenvalue weighted by atomic mass is 9.88. The maximum atomic E-state index is 13.6. The molecule has 2 aliphatic heterocycles. The third kappa shape index (κ3) is 3.61. The average Bonchev–Trinajstić information content (AvgIpc) is 3.11. The van der Waals surface area contributed by atoms with Gasteiger partial charge in [-0.1, -0.05) is 0 Å². The maximum Gasteiger partial charge on any atom is 0.573 e. The van der Waals surface area contributed by atoms with Crippen molar-refractivity contribution < 1.29 is 40.7 Å². The van der Waals surface area contributed by atoms with Gasteiger partial charge in [0.1, 0.15) is 10.6 Å². The van der Waals surface area contributed by atoms with Gasteiger partial charge < -0.3 is 15.0 Å². The van der Waals surface area contributed by atoms with Gasteiger partial charge in [-0.25, -0.2) is 0 Å². The highest BCUT2D eigenvalue weighted by molar-refractivity contribution is 7.21. The first-order valence-electron chi connectivity index (χ1n) is 8.37. The number of hydrogen-bond donors (Lipinski definition) is 1. The Labute approximate surface area is 163 Å². The molecule has 1 spiro atoms. The molecule has 0 aliphatic carbocycles. The molecule has 0 unspecified atom stereocenters. The van der Waals surface area contributed by atoms with E-state index in [0.717, 1.165) is 18.2 Å². The minimum atomic E-state index is -4.99. The van der Waals surface area contributed by atoms with Crippen LogP contribution in [0.1, 0.15) is 28.1 Å². The van der Waals surface area contributed by atoms with E-state index in [4.69, 9.17) is 0 Å². The van der Waals surface area contributed by atoms with E-state index in [1.807, 2.05) is 0 Å². The standard InChI is InChI=1S/C17H12F6N2O3S/c18-16(19,20)12-9-2-1-8(28-17(21,22)23)5-10(9)29-13(12)14(27)25-6-15(7-25)4-3-11(26)24-15/h1-2,5H,3-4,6-7H2,(H,24,26). The van der Waals surface area contributed by atoms with Gasteiger partial charge in [0.05, 0.1) is 11.1 Å². The maximum absolute atomic E-state index is 13.6. The normalized spacial score (nSPS) is 18.8. The molecule has 2 aliphatic rings. The summed E-state index contributed by atoms with van der Waals surface area (Å²) in [5, 5.41) is 2.36. The highest BCUT2D eigenvalue weighted by atomic mass is 32.1. The molecule has 0 radical (unpaired) electrons. The number of ether oxygens (including phenoxy) is 1. The van der Waals surface area contributed by atoms with Crippen molar-refractivity contribution in [2.24, 2.45) is 0 Å². The van der Waals surface area contributed by atoms with Crippen LogP contribution in [0.25, 0.3) is 10.1 Å². The molecule has 1 N–H and O–H groups in total. The second-order valence-corrected chi connectivity index (χ2v) is 8.05. The van der Waals surface area contributed by atoms with Crippen LogP contribution < -0.4 is 10.1 Å². The van der Waals surface area contributed by atoms with Crippen LogP contribution in [-0.4, -0.2) is 41.7 Å². The van der Waals surface area contributed by atoms with Gasteiger partial charge in [-0.2, -0.15) is 13.2 Å². The highest BCUT2D eigenvalue weighted by Gasteiger charge is 2.51. The van der Waals surface area contributed by atoms with Gasteiger partial charge in [-0.15, -0.1) is 24.5 Å². The summed E-state index contributed by atoms with van der Waals surface area (Å²) in [7, 11) is 0. The van der Waals surface area contributed by atoms with E-state index in [9.17, 15) is 35.9 Å². The average molecular weight is 438 g/mol. The molecular weight excluding hydrogens is 426 g/mol. The van der Waals surface area contributed by atoms with Crippen LogP contribution in [0.15, 0.2) is 18.2 Å². The second kappa shape index (κ2) is 6.25. The van der Waals surface area contributed by atoms with Gasteiger partial charge >= 0.3 is 12.5 Å². The Morgan fingerprint density at radius 1 is 1.17 bits per heavy atom. The lowest BCUT2D eigenvalue weighted by Crippen LogP contribution is -2.68. The van der Waals surface area contributed by atoms with Gasteiger partial charge in [0.2, 0.25) is 5.91 Å². The summed E-state index contributed by atoms with van der Waals surface area (Å²) in [6.45, 7) is 0.178. The van der Waals surface area contributed by atoms with Gasteiger partial charge in [0, 0.05) is 29.6 Å². The molecule has 2 saturated heterocycles. The third-order valence-corrected chi connectivity index (χ3v) is 6.02. The van der Waals surface area contributed by atoms with Crippen molar-refractivity contribution in [3.63, 3.8) is 0 Å². The number of amides is 2. The summed E-state index contributed by atoms with van der Waals surface area (Å²) in [4.78, 5) is 24.7. The first-order chi connectivity index (χ1) is 13.4. The van der Waals surface area contributed by atoms with Gasteiger partial charge in [-0.05, 0) is 24.6 Å². The third-order valence-electron chi connectivity index (χ3n) is 4.88. The minimum absolute atomic E-state index is 0.0888. The number of hydrogen-bond acceptors (Lipinski definition) is 4. The Morgan fingerprint density at radius 2 is 1.86 bits per heavy atom. The first kappa shape index (κ1) is 19.8. The van der Waals surface area contributed by atoms with Gasteiger partial charge in [0.25, 0.3) is 5.91 Å². The van der Waals surface area contributed by atoms with Crippen molar-refractivity contribution in [3.05, 3.63) is 28.6 Å². The van der Waals surface area contributed by atoms with Crippen molar-refractivity contribution >= 4 is 33.2 Å². The molecule has 2 amide bonds. The SMILES string of the molecule is O=C1CCC2(CN(C(=O)c3sc4cc(OC(F)(F)F)ccc4c3C(F)(F)F)C2)N1. The monoisotopic (exact) mass is 438 g/mol. The fourth-order valence-electron chi connectivity index (χ4n) is 3.69. The van der Waals surface area contributed by atoms with Crippen LogP contribution >= 0.6 is 11.3 Å². The lowest BCUT2D eigenvalue weighted by Gasteiger charge is -2.47. The van der Waals surface area contributed by atoms with E-state index in [2.05, 4.69) is 10.1 Å². The molecule has 0 bridgehead atoms. The molecule has 3 heterocycles. The van der Waals surface area contributed by atoms with Crippen LogP contribution in [0.4, 0.5) is 26.3 Å². The highest BCUT2D eigenvalue weighted by Crippen LogP contribution is 2.45. The van der Waals surface area contributed by atoms with Crippen molar-refractivity contribution in [1.29, 1.82) is 0 Å². The molecule has 0 saturated carbocycles. The smallest absolute Gasteiger partial charge is 0.406 e. The summed E-state index contributed by atoms with van der Waals surface area (Å²) in [6, 6.07) is 2.47. The van der Waals surface area contributed by atoms with Crippen molar-refractivity contribution in [2.75, 3.05) is 13.1 Å². The predicted octanol–water partition coefficient (Wildman–Crippen LogP) is 3.92. The van der Waals surface area contributed by atoms with Crippen molar-refractivity contribution in [2.45, 2.75) is 30.9 Å². The summed E-state index contributed by atoms with van der Waals surface area (Å²) >= 11 is 0.462. The number of benzene rings is 1. The molecule has 1 aromatic heterocycles. The zero-order chi connectivity index (χ0) is 21.2. The molecule has 1 aromatic carbocycles. The number of likely N-dealkylation sites (tertiary alicyclic amines) is 1. The summed E-state index contributed by atoms with van der Waals surface area (Å²) in [5.41, 5.74) is -1.78. The van der Waals surface area contributed by atoms with E-state index in [-0.39, 0.29) is 29.1 Å². The number of halogens is 6. The van der Waals surface area contributed by atoms with Crippen molar-refractivity contribution in [1.82, 2.24) is 10.2 Å². The topological polar surface area (TPSA) is 58.6 Å². The zero-order valence-corrected chi connectivity index (χ0v) is 15.2. The molecule has 0 atom stereocenters. The fourth-order valence-corrected chi connectivity index (χ4v) is 4.91. The molecule has 29 heavy (non-hydrogen) atoms. The first-order valence-corrected chi connectivity index (χ1v) is 9.18. The number of fused-ring (bicyclic) bond motifs is 1. The van der Waals surface area contributed by atoms with E-state index in [1.54, 1.807) is 0 Å². The fraction of sp³-hybridized carbons (Fsp3) is 0.412. The molecular formula is C17H12F6N2O3S. The van der Waals surface area contributed by atoms with Gasteiger partial charge in [-0.3, -0.25) is 9.59 Å². The van der Waals surface area contributed by atoms with E-state index >= 15 is 0 Å². The molecule has 12 heteroatoms. The van der Waals surface area contributed by atoms with Crippen molar-refractivity contribution in [3.8, 4) is 5.75 Å². The molecule has 4 rings (SSSR count). The Morgan fingerprint density at radius 3 is 2.41 bits per heavy atom. The Bertz CT molecular complexity index is 1010. The molecule has 5 nitrogen and oxygen atoms in total. The number of rotatable bonds is 2. The zero-order valence-electron chi connectivity index (χ0n) is 14.4. The van der Waals surface area contributed by atoms with Crippen LogP contribution in [0.5, 0.6) is 5.75 Å². The second-order valence-electron chi connectivity index (χ2n) is 7.00. The van der Waals surface area contributed by atoms with Crippen LogP contribution in [0.2, 0.25) is 0 Å². The summed E-state index contributed by atoms with van der Waals surface area (Å²) < 4.78 is 81.7. The molecule has 156 valence electrons. The van der Waals surface area contributed by atoms with E-state index in [1.165, 1.54) is 4.90 Å². The summed E-state index contributed by atoms with van der Waals surface area (Å²) in [5.74, 6) is -1.72. The minimum Gasteiger partial charge on any atom is -0.406 e. The van der Waals surface area contributed by atoms with Gasteiger partial charge in [0.15, 0.2) is 0 Å². The Kier molecular flexibility index (Phi) is 4.27. The number of carbonyl (C=O) groups is 2.